The molecule has 1 aromatic heterocycles. The molecule has 2 fully saturated rings. The minimum Gasteiger partial charge on any atom is -0.381 e. The molecule has 2 heterocycles. The molecule has 0 bridgehead atoms. The Labute approximate surface area is 111 Å². The smallest absolute Gasteiger partial charge is 0.202 e. The summed E-state index contributed by atoms with van der Waals surface area (Å²) in [6.45, 7) is 2.34. The molecule has 1 aliphatic carbocycles. The topological polar surface area (TPSA) is 56.3 Å². The number of methoxy groups -OCH3 is 1. The highest BCUT2D eigenvalue weighted by Gasteiger charge is 2.33. The zero-order chi connectivity index (χ0) is 12.4. The second kappa shape index (κ2) is 5.11. The summed E-state index contributed by atoms with van der Waals surface area (Å²) in [6, 6.07) is 0. The molecule has 1 aliphatic heterocycles. The minimum atomic E-state index is -0.107. The third-order valence-corrected chi connectivity index (χ3v) is 4.47. The molecule has 5 nitrogen and oxygen atoms in total. The summed E-state index contributed by atoms with van der Waals surface area (Å²) in [5, 5.41) is 4.29. The minimum absolute atomic E-state index is 0.107. The molecule has 2 aliphatic rings. The average Bonchev–Trinajstić information content (AvgIpc) is 3.17. The first-order valence-electron chi connectivity index (χ1n) is 6.52. The van der Waals surface area contributed by atoms with Crippen LogP contribution in [0.2, 0.25) is 0 Å². The molecule has 1 N–H and O–H groups in total. The van der Waals surface area contributed by atoms with E-state index in [4.69, 9.17) is 9.47 Å². The first kappa shape index (κ1) is 12.3. The van der Waals surface area contributed by atoms with E-state index in [1.54, 1.807) is 7.11 Å². The Hall–Kier alpha value is -0.720. The van der Waals surface area contributed by atoms with Crippen LogP contribution in [0.4, 0.5) is 5.13 Å². The molecule has 1 saturated heterocycles. The molecular formula is C12H19N3O2S. The van der Waals surface area contributed by atoms with Crippen molar-refractivity contribution in [2.45, 2.75) is 37.2 Å². The number of nitrogens with zero attached hydrogens (tertiary/aromatic N) is 2. The van der Waals surface area contributed by atoms with E-state index < -0.39 is 0 Å². The van der Waals surface area contributed by atoms with E-state index in [2.05, 4.69) is 14.7 Å². The Bertz CT molecular complexity index is 400. The lowest BCUT2D eigenvalue weighted by Gasteiger charge is -2.35. The number of anilines is 1. The third kappa shape index (κ3) is 2.65. The highest BCUT2D eigenvalue weighted by molar-refractivity contribution is 7.09. The normalized spacial score (nSPS) is 22.9. The molecule has 18 heavy (non-hydrogen) atoms. The van der Waals surface area contributed by atoms with E-state index in [9.17, 15) is 0 Å². The van der Waals surface area contributed by atoms with Gasteiger partial charge in [0, 0.05) is 57.2 Å². The molecule has 100 valence electrons. The number of nitrogens with one attached hydrogen (secondary N) is 1. The van der Waals surface area contributed by atoms with Crippen LogP contribution in [0, 0.1) is 0 Å². The van der Waals surface area contributed by atoms with Gasteiger partial charge >= 0.3 is 0 Å². The number of ether oxygens (including phenoxy) is 2. The SMILES string of the molecule is COC1(CNc2nc(C3CC3)ns2)CCOCC1. The van der Waals surface area contributed by atoms with Gasteiger partial charge in [0.25, 0.3) is 0 Å². The highest BCUT2D eigenvalue weighted by Crippen LogP contribution is 2.39. The van der Waals surface area contributed by atoms with Crippen molar-refractivity contribution in [3.8, 4) is 0 Å². The highest BCUT2D eigenvalue weighted by atomic mass is 32.1. The van der Waals surface area contributed by atoms with Gasteiger partial charge in [-0.3, -0.25) is 0 Å². The van der Waals surface area contributed by atoms with Crippen molar-refractivity contribution >= 4 is 16.7 Å². The molecular weight excluding hydrogens is 250 g/mol. The lowest BCUT2D eigenvalue weighted by atomic mass is 9.94. The van der Waals surface area contributed by atoms with Crippen molar-refractivity contribution in [2.75, 3.05) is 32.2 Å². The maximum Gasteiger partial charge on any atom is 0.202 e. The van der Waals surface area contributed by atoms with E-state index >= 15 is 0 Å². The summed E-state index contributed by atoms with van der Waals surface area (Å²) in [4.78, 5) is 4.53. The van der Waals surface area contributed by atoms with Crippen LogP contribution in [0.5, 0.6) is 0 Å². The second-order valence-electron chi connectivity index (χ2n) is 5.09. The molecule has 0 radical (unpaired) electrons. The number of aromatic nitrogens is 2. The van der Waals surface area contributed by atoms with Crippen molar-refractivity contribution in [1.82, 2.24) is 9.36 Å². The molecule has 1 aromatic rings. The standard InChI is InChI=1S/C12H19N3O2S/c1-16-12(4-6-17-7-5-12)8-13-11-14-10(15-18-11)9-2-3-9/h9H,2-8H2,1H3,(H,13,14,15). The molecule has 0 amide bonds. The number of hydrogen-bond acceptors (Lipinski definition) is 6. The van der Waals surface area contributed by atoms with E-state index in [1.165, 1.54) is 24.4 Å². The zero-order valence-corrected chi connectivity index (χ0v) is 11.5. The van der Waals surface area contributed by atoms with Crippen molar-refractivity contribution in [2.24, 2.45) is 0 Å². The molecule has 0 atom stereocenters. The largest absolute Gasteiger partial charge is 0.381 e. The third-order valence-electron chi connectivity index (χ3n) is 3.78. The van der Waals surface area contributed by atoms with Gasteiger partial charge in [0.1, 0.15) is 5.82 Å². The van der Waals surface area contributed by atoms with Crippen molar-refractivity contribution < 1.29 is 9.47 Å². The van der Waals surface area contributed by atoms with Crippen LogP contribution in [-0.2, 0) is 9.47 Å². The fraction of sp³-hybridized carbons (Fsp3) is 0.833. The van der Waals surface area contributed by atoms with Crippen molar-refractivity contribution in [3.63, 3.8) is 0 Å². The Morgan fingerprint density at radius 1 is 1.44 bits per heavy atom. The van der Waals surface area contributed by atoms with Gasteiger partial charge in [0.15, 0.2) is 0 Å². The Morgan fingerprint density at radius 3 is 2.89 bits per heavy atom. The van der Waals surface area contributed by atoms with Gasteiger partial charge in [0.05, 0.1) is 5.60 Å². The lowest BCUT2D eigenvalue weighted by Crippen LogP contribution is -2.44. The molecule has 6 heteroatoms. The maximum absolute atomic E-state index is 5.68. The van der Waals surface area contributed by atoms with Crippen LogP contribution in [0.25, 0.3) is 0 Å². The Balaban J connectivity index is 1.57. The predicted octanol–water partition coefficient (Wildman–Crippen LogP) is 2.02. The average molecular weight is 269 g/mol. The van der Waals surface area contributed by atoms with E-state index in [0.29, 0.717) is 5.92 Å². The summed E-state index contributed by atoms with van der Waals surface area (Å²) in [7, 11) is 1.78. The molecule has 0 unspecified atom stereocenters. The van der Waals surface area contributed by atoms with Gasteiger partial charge in [-0.2, -0.15) is 4.37 Å². The quantitative estimate of drug-likeness (QED) is 0.886. The van der Waals surface area contributed by atoms with E-state index in [0.717, 1.165) is 43.6 Å². The van der Waals surface area contributed by atoms with Crippen LogP contribution in [0.1, 0.15) is 37.4 Å². The molecule has 0 aromatic carbocycles. The number of rotatable bonds is 5. The van der Waals surface area contributed by atoms with Crippen LogP contribution in [0.3, 0.4) is 0 Å². The first-order valence-corrected chi connectivity index (χ1v) is 7.29. The Morgan fingerprint density at radius 2 is 2.22 bits per heavy atom. The number of hydrogen-bond donors (Lipinski definition) is 1. The van der Waals surface area contributed by atoms with Crippen molar-refractivity contribution in [1.29, 1.82) is 0 Å². The molecule has 1 saturated carbocycles. The monoisotopic (exact) mass is 269 g/mol. The molecule has 0 spiro atoms. The van der Waals surface area contributed by atoms with Crippen LogP contribution >= 0.6 is 11.5 Å². The van der Waals surface area contributed by atoms with Gasteiger partial charge in [0.2, 0.25) is 5.13 Å². The fourth-order valence-corrected chi connectivity index (χ4v) is 2.89. The zero-order valence-electron chi connectivity index (χ0n) is 10.6. The second-order valence-corrected chi connectivity index (χ2v) is 5.84. The van der Waals surface area contributed by atoms with Gasteiger partial charge in [-0.05, 0) is 12.8 Å². The Kier molecular flexibility index (Phi) is 3.50. The molecule has 3 rings (SSSR count). The van der Waals surface area contributed by atoms with E-state index in [1.807, 2.05) is 0 Å². The van der Waals surface area contributed by atoms with Crippen LogP contribution < -0.4 is 5.32 Å². The summed E-state index contributed by atoms with van der Waals surface area (Å²) in [6.07, 6.45) is 4.36. The predicted molar refractivity (Wildman–Crippen MR) is 70.2 cm³/mol. The van der Waals surface area contributed by atoms with Crippen LogP contribution in [-0.4, -0.2) is 41.8 Å². The van der Waals surface area contributed by atoms with Crippen LogP contribution in [0.15, 0.2) is 0 Å². The fourth-order valence-electron chi connectivity index (χ4n) is 2.25. The van der Waals surface area contributed by atoms with Gasteiger partial charge in [-0.25, -0.2) is 4.98 Å². The summed E-state index contributed by atoms with van der Waals surface area (Å²) in [5.74, 6) is 1.64. The maximum atomic E-state index is 5.68. The van der Waals surface area contributed by atoms with Gasteiger partial charge < -0.3 is 14.8 Å². The van der Waals surface area contributed by atoms with E-state index in [-0.39, 0.29) is 5.60 Å². The summed E-state index contributed by atoms with van der Waals surface area (Å²) < 4.78 is 15.5. The van der Waals surface area contributed by atoms with Gasteiger partial charge in [-0.1, -0.05) is 0 Å². The first-order chi connectivity index (χ1) is 8.81. The summed E-state index contributed by atoms with van der Waals surface area (Å²) in [5.41, 5.74) is -0.107. The summed E-state index contributed by atoms with van der Waals surface area (Å²) >= 11 is 1.46. The lowest BCUT2D eigenvalue weighted by molar-refractivity contribution is -0.0807. The van der Waals surface area contributed by atoms with Gasteiger partial charge in [-0.15, -0.1) is 0 Å². The van der Waals surface area contributed by atoms with Crippen molar-refractivity contribution in [3.05, 3.63) is 5.82 Å².